The van der Waals surface area contributed by atoms with Crippen LogP contribution in [-0.2, 0) is 16.4 Å². The van der Waals surface area contributed by atoms with Gasteiger partial charge in [0.25, 0.3) is 10.0 Å². The van der Waals surface area contributed by atoms with Crippen molar-refractivity contribution in [2.24, 2.45) is 5.73 Å². The van der Waals surface area contributed by atoms with Crippen molar-refractivity contribution in [2.45, 2.75) is 24.3 Å². The highest BCUT2D eigenvalue weighted by molar-refractivity contribution is 7.90. The number of nitrogens with two attached hydrogens (primary N) is 1. The highest BCUT2D eigenvalue weighted by atomic mass is 32.2. The average Bonchev–Trinajstić information content (AvgIpc) is 3.05. The molecule has 1 atom stereocenters. The maximum absolute atomic E-state index is 14.8. The first kappa shape index (κ1) is 19.5. The molecule has 8 heteroatoms. The Kier molecular flexibility index (Phi) is 5.32. The lowest BCUT2D eigenvalue weighted by atomic mass is 10.0. The number of hydrogen-bond donors (Lipinski definition) is 1. The second kappa shape index (κ2) is 7.38. The standard InChI is InChI=1S/C19H23FN4O2S/c1-13-4-6-17(7-5-13)27(25,26)24-19-15(12-22-24)8-14(10-18(19)20)9-16(11-21)23(2)3/h4-8,10,12,16H,9,11,21H2,1-3H3/t16-/m0/s1. The molecular formula is C19H23FN4O2S. The van der Waals surface area contributed by atoms with Gasteiger partial charge in [0.1, 0.15) is 5.52 Å². The first-order chi connectivity index (χ1) is 12.7. The Morgan fingerprint density at radius 2 is 1.89 bits per heavy atom. The van der Waals surface area contributed by atoms with E-state index in [-0.39, 0.29) is 16.5 Å². The monoisotopic (exact) mass is 390 g/mol. The third kappa shape index (κ3) is 3.73. The summed E-state index contributed by atoms with van der Waals surface area (Å²) < 4.78 is 41.4. The van der Waals surface area contributed by atoms with Crippen molar-refractivity contribution in [1.82, 2.24) is 14.1 Å². The van der Waals surface area contributed by atoms with Crippen molar-refractivity contribution in [3.8, 4) is 0 Å². The van der Waals surface area contributed by atoms with Gasteiger partial charge in [-0.3, -0.25) is 0 Å². The van der Waals surface area contributed by atoms with Crippen LogP contribution in [0.5, 0.6) is 0 Å². The minimum absolute atomic E-state index is 0.0477. The molecule has 3 rings (SSSR count). The molecule has 0 aliphatic heterocycles. The van der Waals surface area contributed by atoms with Gasteiger partial charge in [-0.25, -0.2) is 4.39 Å². The summed E-state index contributed by atoms with van der Waals surface area (Å²) in [5.74, 6) is -0.620. The van der Waals surface area contributed by atoms with Crippen molar-refractivity contribution >= 4 is 20.9 Å². The van der Waals surface area contributed by atoms with Crippen LogP contribution < -0.4 is 5.73 Å². The summed E-state index contributed by atoms with van der Waals surface area (Å²) >= 11 is 0. The van der Waals surface area contributed by atoms with Crippen LogP contribution in [0.3, 0.4) is 0 Å². The maximum atomic E-state index is 14.8. The van der Waals surface area contributed by atoms with Crippen LogP contribution in [0.2, 0.25) is 0 Å². The largest absolute Gasteiger partial charge is 0.329 e. The second-order valence-electron chi connectivity index (χ2n) is 6.88. The third-order valence-electron chi connectivity index (χ3n) is 4.67. The number of hydrogen-bond acceptors (Lipinski definition) is 5. The summed E-state index contributed by atoms with van der Waals surface area (Å²) in [5.41, 5.74) is 7.41. The molecule has 0 spiro atoms. The van der Waals surface area contributed by atoms with E-state index in [1.807, 2.05) is 25.9 Å². The van der Waals surface area contributed by atoms with E-state index in [1.165, 1.54) is 24.4 Å². The third-order valence-corrected chi connectivity index (χ3v) is 6.27. The Labute approximate surface area is 158 Å². The number of aryl methyl sites for hydroxylation is 1. The smallest absolute Gasteiger partial charge is 0.283 e. The molecular weight excluding hydrogens is 367 g/mol. The minimum atomic E-state index is -3.98. The van der Waals surface area contributed by atoms with Crippen molar-refractivity contribution < 1.29 is 12.8 Å². The van der Waals surface area contributed by atoms with E-state index >= 15 is 0 Å². The van der Waals surface area contributed by atoms with Gasteiger partial charge in [0.05, 0.1) is 11.1 Å². The SMILES string of the molecule is Cc1ccc(S(=O)(=O)n2ncc3cc(C[C@@H](CN)N(C)C)cc(F)c32)cc1. The molecule has 27 heavy (non-hydrogen) atoms. The maximum Gasteiger partial charge on any atom is 0.283 e. The van der Waals surface area contributed by atoms with Crippen LogP contribution in [-0.4, -0.2) is 49.2 Å². The Bertz CT molecular complexity index is 1060. The Hall–Kier alpha value is -2.29. The molecule has 2 N–H and O–H groups in total. The van der Waals surface area contributed by atoms with Crippen LogP contribution in [0.4, 0.5) is 4.39 Å². The molecule has 1 heterocycles. The fourth-order valence-electron chi connectivity index (χ4n) is 3.01. The van der Waals surface area contributed by atoms with Gasteiger partial charge in [0, 0.05) is 18.0 Å². The van der Waals surface area contributed by atoms with Gasteiger partial charge in [-0.1, -0.05) is 17.7 Å². The molecule has 0 radical (unpaired) electrons. The molecule has 2 aromatic carbocycles. The summed E-state index contributed by atoms with van der Waals surface area (Å²) in [6.07, 6.45) is 1.94. The zero-order chi connectivity index (χ0) is 19.8. The number of halogens is 1. The van der Waals surface area contributed by atoms with Crippen molar-refractivity contribution in [1.29, 1.82) is 0 Å². The molecule has 0 bridgehead atoms. The predicted octanol–water partition coefficient (Wildman–Crippen LogP) is 2.15. The van der Waals surface area contributed by atoms with E-state index < -0.39 is 15.8 Å². The molecule has 3 aromatic rings. The highest BCUT2D eigenvalue weighted by Gasteiger charge is 2.23. The van der Waals surface area contributed by atoms with Gasteiger partial charge in [-0.2, -0.15) is 17.6 Å². The van der Waals surface area contributed by atoms with Gasteiger partial charge in [-0.05, 0) is 57.3 Å². The van der Waals surface area contributed by atoms with Crippen molar-refractivity contribution in [2.75, 3.05) is 20.6 Å². The first-order valence-corrected chi connectivity index (χ1v) is 10.0. The molecule has 0 amide bonds. The number of aromatic nitrogens is 2. The summed E-state index contributed by atoms with van der Waals surface area (Å²) in [6.45, 7) is 2.30. The number of fused-ring (bicyclic) bond motifs is 1. The molecule has 0 fully saturated rings. The van der Waals surface area contributed by atoms with Gasteiger partial charge in [0.15, 0.2) is 5.82 Å². The quantitative estimate of drug-likeness (QED) is 0.698. The molecule has 144 valence electrons. The fraction of sp³-hybridized carbons (Fsp3) is 0.316. The minimum Gasteiger partial charge on any atom is -0.329 e. The highest BCUT2D eigenvalue weighted by Crippen LogP contribution is 2.25. The fourth-order valence-corrected chi connectivity index (χ4v) is 4.29. The van der Waals surface area contributed by atoms with Crippen molar-refractivity contribution in [3.63, 3.8) is 0 Å². The zero-order valence-corrected chi connectivity index (χ0v) is 16.4. The topological polar surface area (TPSA) is 81.2 Å². The number of benzene rings is 2. The molecule has 6 nitrogen and oxygen atoms in total. The average molecular weight is 390 g/mol. The summed E-state index contributed by atoms with van der Waals surface area (Å²) in [5, 5.41) is 4.40. The lowest BCUT2D eigenvalue weighted by molar-refractivity contribution is 0.297. The van der Waals surface area contributed by atoms with Gasteiger partial charge < -0.3 is 10.6 Å². The molecule has 0 unspecified atom stereocenters. The molecule has 1 aromatic heterocycles. The van der Waals surface area contributed by atoms with Gasteiger partial charge >= 0.3 is 0 Å². The molecule has 0 saturated heterocycles. The summed E-state index contributed by atoms with van der Waals surface area (Å²) in [7, 11) is -0.148. The number of likely N-dealkylation sites (N-methyl/N-ethyl adjacent to an activating group) is 1. The van der Waals surface area contributed by atoms with E-state index in [2.05, 4.69) is 5.10 Å². The van der Waals surface area contributed by atoms with Crippen LogP contribution in [0.15, 0.2) is 47.5 Å². The molecule has 0 aliphatic rings. The lowest BCUT2D eigenvalue weighted by Crippen LogP contribution is -2.36. The Morgan fingerprint density at radius 1 is 1.22 bits per heavy atom. The van der Waals surface area contributed by atoms with Gasteiger partial charge in [0.2, 0.25) is 0 Å². The lowest BCUT2D eigenvalue weighted by Gasteiger charge is -2.22. The van der Waals surface area contributed by atoms with Crippen LogP contribution in [0, 0.1) is 12.7 Å². The van der Waals surface area contributed by atoms with Crippen LogP contribution in [0.1, 0.15) is 11.1 Å². The second-order valence-corrected chi connectivity index (χ2v) is 8.65. The van der Waals surface area contributed by atoms with Gasteiger partial charge in [-0.15, -0.1) is 0 Å². The number of nitrogens with zero attached hydrogens (tertiary/aromatic N) is 3. The Morgan fingerprint density at radius 3 is 2.48 bits per heavy atom. The first-order valence-electron chi connectivity index (χ1n) is 8.59. The summed E-state index contributed by atoms with van der Waals surface area (Å²) in [6, 6.07) is 9.56. The van der Waals surface area contributed by atoms with Crippen LogP contribution in [0.25, 0.3) is 10.9 Å². The Balaban J connectivity index is 2.06. The zero-order valence-electron chi connectivity index (χ0n) is 15.6. The normalized spacial score (nSPS) is 13.4. The number of rotatable bonds is 6. The van der Waals surface area contributed by atoms with Crippen LogP contribution >= 0.6 is 0 Å². The van der Waals surface area contributed by atoms with E-state index in [0.29, 0.717) is 18.4 Å². The predicted molar refractivity (Wildman–Crippen MR) is 104 cm³/mol. The van der Waals surface area contributed by atoms with E-state index in [4.69, 9.17) is 5.73 Å². The van der Waals surface area contributed by atoms with E-state index in [9.17, 15) is 12.8 Å². The molecule has 0 saturated carbocycles. The van der Waals surface area contributed by atoms with E-state index in [0.717, 1.165) is 15.2 Å². The van der Waals surface area contributed by atoms with Crippen molar-refractivity contribution in [3.05, 3.63) is 59.5 Å². The van der Waals surface area contributed by atoms with E-state index in [1.54, 1.807) is 18.2 Å². The molecule has 0 aliphatic carbocycles. The summed E-state index contributed by atoms with van der Waals surface area (Å²) in [4.78, 5) is 2.05.